The lowest BCUT2D eigenvalue weighted by Crippen LogP contribution is -2.40. The van der Waals surface area contributed by atoms with Gasteiger partial charge in [-0.05, 0) is 56.3 Å². The monoisotopic (exact) mass is 273 g/mol. The van der Waals surface area contributed by atoms with Crippen LogP contribution in [0, 0.1) is 5.41 Å². The minimum Gasteiger partial charge on any atom is -0.388 e. The van der Waals surface area contributed by atoms with Crippen molar-refractivity contribution in [2.75, 3.05) is 25.5 Å². The maximum atomic E-state index is 4.50. The molecule has 1 aliphatic heterocycles. The number of piperidine rings is 1. The van der Waals surface area contributed by atoms with Gasteiger partial charge in [0.15, 0.2) is 0 Å². The minimum absolute atomic E-state index is 0.703. The van der Waals surface area contributed by atoms with E-state index in [-0.39, 0.29) is 0 Å². The Morgan fingerprint density at radius 1 is 1.15 bits per heavy atom. The Bertz CT molecular complexity index is 428. The first-order valence-electron chi connectivity index (χ1n) is 8.15. The van der Waals surface area contributed by atoms with Crippen molar-refractivity contribution >= 4 is 5.69 Å². The molecule has 0 aromatic carbocycles. The van der Waals surface area contributed by atoms with Crippen LogP contribution in [0.1, 0.15) is 50.6 Å². The highest BCUT2D eigenvalue weighted by atomic mass is 15.1. The molecule has 110 valence electrons. The summed E-state index contributed by atoms with van der Waals surface area (Å²) in [6.07, 6.45) is 12.1. The number of nitrogens with zero attached hydrogens (tertiary/aromatic N) is 2. The van der Waals surface area contributed by atoms with Crippen LogP contribution in [-0.2, 0) is 6.54 Å². The van der Waals surface area contributed by atoms with Gasteiger partial charge in [0.2, 0.25) is 0 Å². The fourth-order valence-corrected chi connectivity index (χ4v) is 3.94. The maximum absolute atomic E-state index is 4.50. The van der Waals surface area contributed by atoms with Crippen LogP contribution in [0.5, 0.6) is 0 Å². The molecule has 0 amide bonds. The summed E-state index contributed by atoms with van der Waals surface area (Å²) in [5.74, 6) is 0. The number of aromatic nitrogens is 1. The fourth-order valence-electron chi connectivity index (χ4n) is 3.94. The SMILES string of the molecule is CNc1ccnc(CN2CCC3(CCCCC3)CC2)c1. The lowest BCUT2D eigenvalue weighted by Gasteiger charge is -2.44. The molecule has 1 saturated heterocycles. The largest absolute Gasteiger partial charge is 0.388 e. The van der Waals surface area contributed by atoms with Crippen molar-refractivity contribution in [1.29, 1.82) is 0 Å². The zero-order chi connectivity index (χ0) is 13.8. The molecule has 2 aliphatic rings. The normalized spacial score (nSPS) is 22.9. The Kier molecular flexibility index (Phi) is 4.25. The van der Waals surface area contributed by atoms with E-state index in [1.54, 1.807) is 0 Å². The van der Waals surface area contributed by atoms with Crippen LogP contribution in [0.2, 0.25) is 0 Å². The molecule has 1 aromatic heterocycles. The molecule has 3 heteroatoms. The van der Waals surface area contributed by atoms with Crippen molar-refractivity contribution in [2.24, 2.45) is 5.41 Å². The van der Waals surface area contributed by atoms with Gasteiger partial charge in [0.05, 0.1) is 5.69 Å². The smallest absolute Gasteiger partial charge is 0.0564 e. The van der Waals surface area contributed by atoms with Gasteiger partial charge >= 0.3 is 0 Å². The Morgan fingerprint density at radius 3 is 2.60 bits per heavy atom. The zero-order valence-electron chi connectivity index (χ0n) is 12.7. The maximum Gasteiger partial charge on any atom is 0.0564 e. The first-order valence-corrected chi connectivity index (χ1v) is 8.15. The fraction of sp³-hybridized carbons (Fsp3) is 0.706. The van der Waals surface area contributed by atoms with E-state index in [1.165, 1.54) is 63.7 Å². The van der Waals surface area contributed by atoms with E-state index in [1.807, 2.05) is 19.3 Å². The molecule has 3 nitrogen and oxygen atoms in total. The van der Waals surface area contributed by atoms with Crippen LogP contribution < -0.4 is 5.32 Å². The summed E-state index contributed by atoms with van der Waals surface area (Å²) in [6.45, 7) is 3.52. The summed E-state index contributed by atoms with van der Waals surface area (Å²) >= 11 is 0. The van der Waals surface area contributed by atoms with Gasteiger partial charge in [-0.25, -0.2) is 0 Å². The second-order valence-corrected chi connectivity index (χ2v) is 6.62. The number of likely N-dealkylation sites (tertiary alicyclic amines) is 1. The van der Waals surface area contributed by atoms with Crippen LogP contribution >= 0.6 is 0 Å². The van der Waals surface area contributed by atoms with E-state index in [9.17, 15) is 0 Å². The lowest BCUT2D eigenvalue weighted by atomic mass is 9.68. The minimum atomic E-state index is 0.703. The van der Waals surface area contributed by atoms with Gasteiger partial charge < -0.3 is 5.32 Å². The van der Waals surface area contributed by atoms with Crippen molar-refractivity contribution in [3.63, 3.8) is 0 Å². The third-order valence-corrected chi connectivity index (χ3v) is 5.32. The number of hydrogen-bond acceptors (Lipinski definition) is 3. The van der Waals surface area contributed by atoms with Crippen LogP contribution in [0.25, 0.3) is 0 Å². The van der Waals surface area contributed by atoms with Gasteiger partial charge in [-0.1, -0.05) is 19.3 Å². The van der Waals surface area contributed by atoms with E-state index in [2.05, 4.69) is 21.3 Å². The van der Waals surface area contributed by atoms with Crippen molar-refractivity contribution in [3.8, 4) is 0 Å². The number of hydrogen-bond donors (Lipinski definition) is 1. The molecule has 2 fully saturated rings. The highest BCUT2D eigenvalue weighted by Gasteiger charge is 2.35. The number of nitrogens with one attached hydrogen (secondary N) is 1. The Hall–Kier alpha value is -1.09. The van der Waals surface area contributed by atoms with Crippen LogP contribution in [0.3, 0.4) is 0 Å². The second kappa shape index (κ2) is 6.13. The van der Waals surface area contributed by atoms with Gasteiger partial charge in [0.1, 0.15) is 0 Å². The lowest BCUT2D eigenvalue weighted by molar-refractivity contribution is 0.0635. The van der Waals surface area contributed by atoms with E-state index in [0.717, 1.165) is 12.2 Å². The topological polar surface area (TPSA) is 28.2 Å². The van der Waals surface area contributed by atoms with Gasteiger partial charge in [-0.2, -0.15) is 0 Å². The van der Waals surface area contributed by atoms with Gasteiger partial charge in [-0.15, -0.1) is 0 Å². The van der Waals surface area contributed by atoms with E-state index in [0.29, 0.717) is 5.41 Å². The molecule has 3 rings (SSSR count). The first-order chi connectivity index (χ1) is 9.80. The molecular weight excluding hydrogens is 246 g/mol. The number of anilines is 1. The molecule has 1 aliphatic carbocycles. The summed E-state index contributed by atoms with van der Waals surface area (Å²) in [5, 5.41) is 3.19. The average Bonchev–Trinajstić information content (AvgIpc) is 2.51. The Balaban J connectivity index is 1.55. The summed E-state index contributed by atoms with van der Waals surface area (Å²) < 4.78 is 0. The van der Waals surface area contributed by atoms with Crippen LogP contribution in [-0.4, -0.2) is 30.0 Å². The van der Waals surface area contributed by atoms with Crippen molar-refractivity contribution in [3.05, 3.63) is 24.0 Å². The molecule has 2 heterocycles. The van der Waals surface area contributed by atoms with Crippen molar-refractivity contribution in [1.82, 2.24) is 9.88 Å². The van der Waals surface area contributed by atoms with Crippen LogP contribution in [0.15, 0.2) is 18.3 Å². The van der Waals surface area contributed by atoms with Crippen molar-refractivity contribution in [2.45, 2.75) is 51.5 Å². The number of pyridine rings is 1. The van der Waals surface area contributed by atoms with Gasteiger partial charge in [0, 0.05) is 25.5 Å². The highest BCUT2D eigenvalue weighted by molar-refractivity contribution is 5.42. The summed E-state index contributed by atoms with van der Waals surface area (Å²) in [4.78, 5) is 7.09. The summed E-state index contributed by atoms with van der Waals surface area (Å²) in [7, 11) is 1.97. The number of rotatable bonds is 3. The molecule has 1 saturated carbocycles. The third-order valence-electron chi connectivity index (χ3n) is 5.32. The third kappa shape index (κ3) is 3.14. The average molecular weight is 273 g/mol. The first kappa shape index (κ1) is 13.9. The van der Waals surface area contributed by atoms with Crippen LogP contribution in [0.4, 0.5) is 5.69 Å². The summed E-state index contributed by atoms with van der Waals surface area (Å²) in [6, 6.07) is 4.20. The molecule has 0 atom stereocenters. The van der Waals surface area contributed by atoms with Crippen molar-refractivity contribution < 1.29 is 0 Å². The molecule has 1 aromatic rings. The van der Waals surface area contributed by atoms with Gasteiger partial charge in [-0.3, -0.25) is 9.88 Å². The second-order valence-electron chi connectivity index (χ2n) is 6.62. The Labute approximate surface area is 122 Å². The quantitative estimate of drug-likeness (QED) is 0.910. The predicted molar refractivity (Wildman–Crippen MR) is 83.8 cm³/mol. The predicted octanol–water partition coefficient (Wildman–Crippen LogP) is 3.67. The van der Waals surface area contributed by atoms with E-state index in [4.69, 9.17) is 0 Å². The molecule has 0 bridgehead atoms. The van der Waals surface area contributed by atoms with Gasteiger partial charge in [0.25, 0.3) is 0 Å². The molecule has 0 radical (unpaired) electrons. The standard InChI is InChI=1S/C17H27N3/c1-18-15-5-10-19-16(13-15)14-20-11-8-17(9-12-20)6-3-2-4-7-17/h5,10,13H,2-4,6-9,11-12,14H2,1H3,(H,18,19). The zero-order valence-corrected chi connectivity index (χ0v) is 12.7. The molecule has 20 heavy (non-hydrogen) atoms. The molecule has 1 spiro atoms. The van der Waals surface area contributed by atoms with E-state index < -0.39 is 0 Å². The molecule has 1 N–H and O–H groups in total. The van der Waals surface area contributed by atoms with E-state index >= 15 is 0 Å². The highest BCUT2D eigenvalue weighted by Crippen LogP contribution is 2.44. The summed E-state index contributed by atoms with van der Waals surface area (Å²) in [5.41, 5.74) is 3.06. The Morgan fingerprint density at radius 2 is 1.90 bits per heavy atom. The molecular formula is C17H27N3. The molecule has 0 unspecified atom stereocenters.